The highest BCUT2D eigenvalue weighted by Gasteiger charge is 2.35. The topological polar surface area (TPSA) is 38.3 Å². The number of ether oxygens (including phenoxy) is 1. The SMILES string of the molecule is COc1ccc(C(NC(=O)C(c2ccccc2)c2ccccc2)C2CC2)cc1. The minimum atomic E-state index is -0.318. The zero-order valence-corrected chi connectivity index (χ0v) is 16.0. The first-order valence-electron chi connectivity index (χ1n) is 9.80. The number of nitrogens with one attached hydrogen (secondary N) is 1. The Balaban J connectivity index is 1.62. The molecule has 142 valence electrons. The zero-order valence-electron chi connectivity index (χ0n) is 16.0. The summed E-state index contributed by atoms with van der Waals surface area (Å²) in [5.74, 6) is 1.06. The molecule has 1 aliphatic carbocycles. The van der Waals surface area contributed by atoms with Crippen molar-refractivity contribution in [2.45, 2.75) is 24.8 Å². The molecule has 1 saturated carbocycles. The van der Waals surface area contributed by atoms with Crippen LogP contribution in [0.4, 0.5) is 0 Å². The first-order valence-corrected chi connectivity index (χ1v) is 9.80. The Kier molecular flexibility index (Phi) is 5.43. The number of carbonyl (C=O) groups excluding carboxylic acids is 1. The van der Waals surface area contributed by atoms with Crippen LogP contribution in [0, 0.1) is 5.92 Å². The third-order valence-electron chi connectivity index (χ3n) is 5.39. The van der Waals surface area contributed by atoms with E-state index >= 15 is 0 Å². The van der Waals surface area contributed by atoms with Crippen LogP contribution in [0.5, 0.6) is 5.75 Å². The maximum atomic E-state index is 13.4. The van der Waals surface area contributed by atoms with Gasteiger partial charge in [-0.1, -0.05) is 72.8 Å². The van der Waals surface area contributed by atoms with Gasteiger partial charge in [0.2, 0.25) is 5.91 Å². The second-order valence-corrected chi connectivity index (χ2v) is 7.35. The molecule has 1 fully saturated rings. The minimum Gasteiger partial charge on any atom is -0.497 e. The highest BCUT2D eigenvalue weighted by Crippen LogP contribution is 2.42. The molecule has 0 bridgehead atoms. The van der Waals surface area contributed by atoms with Crippen molar-refractivity contribution in [2.24, 2.45) is 5.92 Å². The minimum absolute atomic E-state index is 0.0355. The Morgan fingerprint density at radius 3 is 1.82 bits per heavy atom. The Morgan fingerprint density at radius 1 is 0.821 bits per heavy atom. The van der Waals surface area contributed by atoms with Gasteiger partial charge < -0.3 is 10.1 Å². The maximum Gasteiger partial charge on any atom is 0.232 e. The molecule has 0 aromatic heterocycles. The Hall–Kier alpha value is -3.07. The van der Waals surface area contributed by atoms with Crippen molar-refractivity contribution in [2.75, 3.05) is 7.11 Å². The quantitative estimate of drug-likeness (QED) is 0.628. The highest BCUT2D eigenvalue weighted by molar-refractivity contribution is 5.87. The lowest BCUT2D eigenvalue weighted by molar-refractivity contribution is -0.122. The maximum absolute atomic E-state index is 13.4. The van der Waals surface area contributed by atoms with E-state index in [-0.39, 0.29) is 17.9 Å². The average molecular weight is 371 g/mol. The van der Waals surface area contributed by atoms with E-state index in [1.807, 2.05) is 72.8 Å². The van der Waals surface area contributed by atoms with Crippen LogP contribution in [0.3, 0.4) is 0 Å². The standard InChI is InChI=1S/C25H25NO2/c1-28-22-16-14-21(15-17-22)24(20-12-13-20)26-25(27)23(18-8-4-2-5-9-18)19-10-6-3-7-11-19/h2-11,14-17,20,23-24H,12-13H2,1H3,(H,26,27). The molecule has 3 aromatic rings. The molecule has 1 atom stereocenters. The molecule has 3 nitrogen and oxygen atoms in total. The van der Waals surface area contributed by atoms with Crippen LogP contribution in [0.1, 0.15) is 41.5 Å². The van der Waals surface area contributed by atoms with Gasteiger partial charge in [-0.25, -0.2) is 0 Å². The summed E-state index contributed by atoms with van der Waals surface area (Å²) in [7, 11) is 1.67. The van der Waals surface area contributed by atoms with Gasteiger partial charge in [-0.05, 0) is 47.6 Å². The van der Waals surface area contributed by atoms with Crippen molar-refractivity contribution in [3.8, 4) is 5.75 Å². The van der Waals surface area contributed by atoms with Crippen molar-refractivity contribution in [1.29, 1.82) is 0 Å². The van der Waals surface area contributed by atoms with Crippen molar-refractivity contribution >= 4 is 5.91 Å². The van der Waals surface area contributed by atoms with Gasteiger partial charge in [0.1, 0.15) is 5.75 Å². The number of methoxy groups -OCH3 is 1. The molecule has 3 heteroatoms. The summed E-state index contributed by atoms with van der Waals surface area (Å²) >= 11 is 0. The molecule has 0 aliphatic heterocycles. The summed E-state index contributed by atoms with van der Waals surface area (Å²) in [6.07, 6.45) is 2.30. The molecule has 1 unspecified atom stereocenters. The van der Waals surface area contributed by atoms with Crippen LogP contribution in [-0.4, -0.2) is 13.0 Å². The van der Waals surface area contributed by atoms with Gasteiger partial charge in [0, 0.05) is 0 Å². The first-order chi connectivity index (χ1) is 13.8. The Labute approximate surface area is 166 Å². The van der Waals surface area contributed by atoms with E-state index in [1.54, 1.807) is 7.11 Å². The number of hydrogen-bond donors (Lipinski definition) is 1. The molecule has 0 radical (unpaired) electrons. The number of amides is 1. The molecule has 28 heavy (non-hydrogen) atoms. The van der Waals surface area contributed by atoms with Crippen LogP contribution >= 0.6 is 0 Å². The summed E-state index contributed by atoms with van der Waals surface area (Å²) in [6, 6.07) is 28.1. The third kappa shape index (κ3) is 4.09. The van der Waals surface area contributed by atoms with Gasteiger partial charge in [0.15, 0.2) is 0 Å². The van der Waals surface area contributed by atoms with Crippen LogP contribution in [-0.2, 0) is 4.79 Å². The van der Waals surface area contributed by atoms with Crippen LogP contribution < -0.4 is 10.1 Å². The van der Waals surface area contributed by atoms with Gasteiger partial charge >= 0.3 is 0 Å². The predicted molar refractivity (Wildman–Crippen MR) is 111 cm³/mol. The lowest BCUT2D eigenvalue weighted by Gasteiger charge is -2.24. The van der Waals surface area contributed by atoms with E-state index in [0.717, 1.165) is 35.3 Å². The molecule has 0 saturated heterocycles. The molecular formula is C25H25NO2. The van der Waals surface area contributed by atoms with Gasteiger partial charge in [-0.3, -0.25) is 4.79 Å². The van der Waals surface area contributed by atoms with Crippen LogP contribution in [0.25, 0.3) is 0 Å². The van der Waals surface area contributed by atoms with Gasteiger partial charge in [-0.2, -0.15) is 0 Å². The highest BCUT2D eigenvalue weighted by atomic mass is 16.5. The molecule has 1 N–H and O–H groups in total. The summed E-state index contributed by atoms with van der Waals surface area (Å²) in [5, 5.41) is 3.35. The summed E-state index contributed by atoms with van der Waals surface area (Å²) in [4.78, 5) is 13.4. The molecule has 0 heterocycles. The van der Waals surface area contributed by atoms with E-state index in [4.69, 9.17) is 4.74 Å². The number of benzene rings is 3. The van der Waals surface area contributed by atoms with Crippen LogP contribution in [0.2, 0.25) is 0 Å². The lowest BCUT2D eigenvalue weighted by Crippen LogP contribution is -2.34. The molecule has 1 amide bonds. The van der Waals surface area contributed by atoms with Gasteiger partial charge in [-0.15, -0.1) is 0 Å². The van der Waals surface area contributed by atoms with Crippen molar-refractivity contribution in [3.63, 3.8) is 0 Å². The first kappa shape index (κ1) is 18.3. The molecule has 1 aliphatic rings. The largest absolute Gasteiger partial charge is 0.497 e. The number of rotatable bonds is 7. The van der Waals surface area contributed by atoms with E-state index < -0.39 is 0 Å². The lowest BCUT2D eigenvalue weighted by atomic mass is 9.89. The zero-order chi connectivity index (χ0) is 19.3. The Bertz CT molecular complexity index is 863. The van der Waals surface area contributed by atoms with Crippen molar-refractivity contribution < 1.29 is 9.53 Å². The molecule has 0 spiro atoms. The fourth-order valence-corrected chi connectivity index (χ4v) is 3.74. The third-order valence-corrected chi connectivity index (χ3v) is 5.39. The predicted octanol–water partition coefficient (Wildman–Crippen LogP) is 5.09. The molecule has 3 aromatic carbocycles. The Morgan fingerprint density at radius 2 is 1.36 bits per heavy atom. The normalized spacial score (nSPS) is 14.5. The van der Waals surface area contributed by atoms with E-state index in [1.165, 1.54) is 0 Å². The smallest absolute Gasteiger partial charge is 0.232 e. The second kappa shape index (κ2) is 8.30. The second-order valence-electron chi connectivity index (χ2n) is 7.35. The number of carbonyl (C=O) groups is 1. The number of hydrogen-bond acceptors (Lipinski definition) is 2. The fraction of sp³-hybridized carbons (Fsp3) is 0.240. The van der Waals surface area contributed by atoms with Gasteiger partial charge in [0.25, 0.3) is 0 Å². The monoisotopic (exact) mass is 371 g/mol. The van der Waals surface area contributed by atoms with Crippen molar-refractivity contribution in [1.82, 2.24) is 5.32 Å². The average Bonchev–Trinajstić information content (AvgIpc) is 3.59. The van der Waals surface area contributed by atoms with E-state index in [9.17, 15) is 4.79 Å². The summed E-state index contributed by atoms with van der Waals surface area (Å²) < 4.78 is 5.27. The van der Waals surface area contributed by atoms with Gasteiger partial charge in [0.05, 0.1) is 19.1 Å². The fourth-order valence-electron chi connectivity index (χ4n) is 3.74. The van der Waals surface area contributed by atoms with E-state index in [0.29, 0.717) is 5.92 Å². The van der Waals surface area contributed by atoms with Crippen molar-refractivity contribution in [3.05, 3.63) is 102 Å². The van der Waals surface area contributed by atoms with Crippen LogP contribution in [0.15, 0.2) is 84.9 Å². The summed E-state index contributed by atoms with van der Waals surface area (Å²) in [5.41, 5.74) is 3.16. The van der Waals surface area contributed by atoms with E-state index in [2.05, 4.69) is 17.4 Å². The molecule has 4 rings (SSSR count). The molecular weight excluding hydrogens is 346 g/mol. The summed E-state index contributed by atoms with van der Waals surface area (Å²) in [6.45, 7) is 0.